The van der Waals surface area contributed by atoms with Gasteiger partial charge in [-0.3, -0.25) is 0 Å². The summed E-state index contributed by atoms with van der Waals surface area (Å²) in [5, 5.41) is 12.7. The van der Waals surface area contributed by atoms with Crippen LogP contribution in [0.5, 0.6) is 11.5 Å². The number of hydrogen-bond acceptors (Lipinski definition) is 7. The van der Waals surface area contributed by atoms with Crippen molar-refractivity contribution in [3.05, 3.63) is 58.6 Å². The predicted octanol–water partition coefficient (Wildman–Crippen LogP) is 4.60. The Morgan fingerprint density at radius 1 is 1.18 bits per heavy atom. The normalized spacial score (nSPS) is 11.4. The monoisotopic (exact) mass is 417 g/mol. The highest BCUT2D eigenvalue weighted by Gasteiger charge is 2.08. The Balaban J connectivity index is 1.62. The van der Waals surface area contributed by atoms with Crippen LogP contribution in [0.2, 0.25) is 5.02 Å². The molecule has 0 spiro atoms. The molecule has 9 heteroatoms. The van der Waals surface area contributed by atoms with Crippen molar-refractivity contribution in [1.29, 1.82) is 0 Å². The molecule has 0 radical (unpaired) electrons. The Morgan fingerprint density at radius 2 is 1.96 bits per heavy atom. The van der Waals surface area contributed by atoms with Crippen LogP contribution in [-0.2, 0) is 5.75 Å². The van der Waals surface area contributed by atoms with E-state index in [9.17, 15) is 0 Å². The zero-order valence-corrected chi connectivity index (χ0v) is 17.3. The van der Waals surface area contributed by atoms with Gasteiger partial charge in [0.2, 0.25) is 11.1 Å². The van der Waals surface area contributed by atoms with E-state index in [2.05, 4.69) is 25.7 Å². The number of thioether (sulfide) groups is 1. The van der Waals surface area contributed by atoms with Gasteiger partial charge in [-0.05, 0) is 36.8 Å². The van der Waals surface area contributed by atoms with Crippen LogP contribution in [0.15, 0.2) is 52.7 Å². The van der Waals surface area contributed by atoms with Crippen LogP contribution in [0.25, 0.3) is 0 Å². The number of nitrogens with zero attached hydrogens (tertiary/aromatic N) is 3. The summed E-state index contributed by atoms with van der Waals surface area (Å²) in [7, 11) is 3.20. The Morgan fingerprint density at radius 3 is 2.71 bits per heavy atom. The van der Waals surface area contributed by atoms with Crippen LogP contribution in [0.1, 0.15) is 18.1 Å². The summed E-state index contributed by atoms with van der Waals surface area (Å²) in [5.74, 6) is 2.46. The average Bonchev–Trinajstić information content (AvgIpc) is 3.18. The highest BCUT2D eigenvalue weighted by molar-refractivity contribution is 7.98. The number of rotatable bonds is 8. The molecule has 3 aromatic rings. The van der Waals surface area contributed by atoms with Gasteiger partial charge in [0.25, 0.3) is 0 Å². The predicted molar refractivity (Wildman–Crippen MR) is 113 cm³/mol. The van der Waals surface area contributed by atoms with Crippen molar-refractivity contribution >= 4 is 35.0 Å². The van der Waals surface area contributed by atoms with Gasteiger partial charge in [-0.2, -0.15) is 10.1 Å². The maximum atomic E-state index is 6.17. The zero-order valence-electron chi connectivity index (χ0n) is 15.7. The van der Waals surface area contributed by atoms with E-state index in [0.717, 1.165) is 21.9 Å². The molecule has 1 aromatic heterocycles. The quantitative estimate of drug-likeness (QED) is 0.316. The fourth-order valence-electron chi connectivity index (χ4n) is 2.38. The van der Waals surface area contributed by atoms with Gasteiger partial charge in [0.05, 0.1) is 19.9 Å². The first-order valence-electron chi connectivity index (χ1n) is 8.42. The summed E-state index contributed by atoms with van der Waals surface area (Å²) in [6, 6.07) is 13.3. The first-order chi connectivity index (χ1) is 13.6. The van der Waals surface area contributed by atoms with Gasteiger partial charge in [0.15, 0.2) is 11.5 Å². The molecule has 0 atom stereocenters. The fourth-order valence-corrected chi connectivity index (χ4v) is 3.47. The van der Waals surface area contributed by atoms with E-state index in [1.807, 2.05) is 49.4 Å². The van der Waals surface area contributed by atoms with E-state index in [-0.39, 0.29) is 0 Å². The standard InChI is InChI=1S/C19H20ClN5O2S/c1-12(13-8-9-16(26-2)17(10-13)27-3)22-23-18-21-19(25-24-18)28-11-14-6-4-5-7-15(14)20/h4-10H,11H2,1-3H3,(H2,21,23,24,25)/b22-12+. The SMILES string of the molecule is COc1ccc(/C(C)=N/Nc2nc(SCc3ccccc3Cl)n[nH]2)cc1OC. The number of halogens is 1. The highest BCUT2D eigenvalue weighted by atomic mass is 35.5. The molecule has 0 aliphatic heterocycles. The van der Waals surface area contributed by atoms with Crippen LogP contribution < -0.4 is 14.9 Å². The van der Waals surface area contributed by atoms with Crippen molar-refractivity contribution in [2.24, 2.45) is 5.10 Å². The lowest BCUT2D eigenvalue weighted by Gasteiger charge is -2.09. The van der Waals surface area contributed by atoms with Crippen LogP contribution in [-0.4, -0.2) is 35.1 Å². The number of ether oxygens (including phenoxy) is 2. The molecular weight excluding hydrogens is 398 g/mol. The molecule has 1 heterocycles. The maximum absolute atomic E-state index is 6.17. The highest BCUT2D eigenvalue weighted by Crippen LogP contribution is 2.28. The van der Waals surface area contributed by atoms with E-state index < -0.39 is 0 Å². The molecule has 3 rings (SSSR count). The minimum Gasteiger partial charge on any atom is -0.493 e. The summed E-state index contributed by atoms with van der Waals surface area (Å²) < 4.78 is 10.6. The molecular formula is C19H20ClN5O2S. The third-order valence-electron chi connectivity index (χ3n) is 3.91. The molecule has 0 unspecified atom stereocenters. The summed E-state index contributed by atoms with van der Waals surface area (Å²) >= 11 is 7.66. The van der Waals surface area contributed by atoms with Crippen molar-refractivity contribution in [3.63, 3.8) is 0 Å². The molecule has 0 saturated carbocycles. The third kappa shape index (κ3) is 4.96. The number of aromatic nitrogens is 3. The molecule has 0 amide bonds. The second kappa shape index (κ2) is 9.48. The summed E-state index contributed by atoms with van der Waals surface area (Å²) in [6.45, 7) is 1.89. The number of hydrogen-bond donors (Lipinski definition) is 2. The third-order valence-corrected chi connectivity index (χ3v) is 5.18. The molecule has 0 aliphatic rings. The average molecular weight is 418 g/mol. The topological polar surface area (TPSA) is 84.4 Å². The molecule has 146 valence electrons. The number of anilines is 1. The first kappa shape index (κ1) is 20.0. The molecule has 0 fully saturated rings. The number of aromatic amines is 1. The number of nitrogens with one attached hydrogen (secondary N) is 2. The number of H-pyrrole nitrogens is 1. The molecule has 7 nitrogen and oxygen atoms in total. The van der Waals surface area contributed by atoms with Gasteiger partial charge in [-0.1, -0.05) is 41.6 Å². The Labute approximate surface area is 172 Å². The second-order valence-corrected chi connectivity index (χ2v) is 7.08. The van der Waals surface area contributed by atoms with Gasteiger partial charge in [-0.25, -0.2) is 10.5 Å². The maximum Gasteiger partial charge on any atom is 0.240 e. The lowest BCUT2D eigenvalue weighted by Crippen LogP contribution is -2.02. The Kier molecular flexibility index (Phi) is 6.78. The van der Waals surface area contributed by atoms with Crippen molar-refractivity contribution < 1.29 is 9.47 Å². The van der Waals surface area contributed by atoms with Gasteiger partial charge < -0.3 is 9.47 Å². The Hall–Kier alpha value is -2.71. The molecule has 2 N–H and O–H groups in total. The second-order valence-electron chi connectivity index (χ2n) is 5.73. The lowest BCUT2D eigenvalue weighted by atomic mass is 10.1. The molecule has 2 aromatic carbocycles. The van der Waals surface area contributed by atoms with E-state index in [0.29, 0.717) is 28.4 Å². The van der Waals surface area contributed by atoms with Crippen LogP contribution in [0.4, 0.5) is 5.95 Å². The zero-order chi connectivity index (χ0) is 19.9. The largest absolute Gasteiger partial charge is 0.493 e. The minimum absolute atomic E-state index is 0.460. The van der Waals surface area contributed by atoms with Crippen LogP contribution in [0.3, 0.4) is 0 Å². The minimum atomic E-state index is 0.460. The van der Waals surface area contributed by atoms with Gasteiger partial charge in [0.1, 0.15) is 0 Å². The fraction of sp³-hybridized carbons (Fsp3) is 0.211. The van der Waals surface area contributed by atoms with Gasteiger partial charge in [0, 0.05) is 16.3 Å². The summed E-state index contributed by atoms with van der Waals surface area (Å²) in [6.07, 6.45) is 0. The molecule has 0 aliphatic carbocycles. The smallest absolute Gasteiger partial charge is 0.240 e. The number of benzene rings is 2. The number of hydrazone groups is 1. The van der Waals surface area contributed by atoms with E-state index in [1.165, 1.54) is 11.8 Å². The van der Waals surface area contributed by atoms with Crippen LogP contribution in [0, 0.1) is 0 Å². The summed E-state index contributed by atoms with van der Waals surface area (Å²) in [5.41, 5.74) is 5.59. The molecule has 0 saturated heterocycles. The summed E-state index contributed by atoms with van der Waals surface area (Å²) in [4.78, 5) is 4.37. The van der Waals surface area contributed by atoms with Crippen molar-refractivity contribution in [2.45, 2.75) is 17.8 Å². The van der Waals surface area contributed by atoms with E-state index >= 15 is 0 Å². The van der Waals surface area contributed by atoms with Gasteiger partial charge >= 0.3 is 0 Å². The Bertz CT molecular complexity index is 976. The van der Waals surface area contributed by atoms with Gasteiger partial charge in [-0.15, -0.1) is 5.10 Å². The first-order valence-corrected chi connectivity index (χ1v) is 9.78. The van der Waals surface area contributed by atoms with Crippen LogP contribution >= 0.6 is 23.4 Å². The van der Waals surface area contributed by atoms with E-state index in [4.69, 9.17) is 21.1 Å². The lowest BCUT2D eigenvalue weighted by molar-refractivity contribution is 0.355. The van der Waals surface area contributed by atoms with Crippen molar-refractivity contribution in [3.8, 4) is 11.5 Å². The molecule has 28 heavy (non-hydrogen) atoms. The number of methoxy groups -OCH3 is 2. The van der Waals surface area contributed by atoms with Crippen molar-refractivity contribution in [2.75, 3.05) is 19.6 Å². The van der Waals surface area contributed by atoms with Crippen molar-refractivity contribution in [1.82, 2.24) is 15.2 Å². The van der Waals surface area contributed by atoms with E-state index in [1.54, 1.807) is 14.2 Å². The molecule has 0 bridgehead atoms.